The van der Waals surface area contributed by atoms with E-state index in [0.717, 1.165) is 28.8 Å². The molecular formula is C29H26Cl2N2O3S. The molecule has 1 heterocycles. The van der Waals surface area contributed by atoms with Gasteiger partial charge in [0.25, 0.3) is 5.91 Å². The molecule has 0 spiro atoms. The van der Waals surface area contributed by atoms with E-state index in [9.17, 15) is 4.79 Å². The summed E-state index contributed by atoms with van der Waals surface area (Å²) in [6.45, 7) is 6.26. The first kappa shape index (κ1) is 26.9. The van der Waals surface area contributed by atoms with E-state index in [1.54, 1.807) is 25.3 Å². The van der Waals surface area contributed by atoms with E-state index in [-0.39, 0.29) is 12.5 Å². The zero-order chi connectivity index (χ0) is 26.4. The van der Waals surface area contributed by atoms with Gasteiger partial charge in [-0.25, -0.2) is 4.99 Å². The number of carbonyl (C=O) groups is 1. The van der Waals surface area contributed by atoms with Gasteiger partial charge in [0.05, 0.1) is 27.7 Å². The number of ether oxygens (including phenoxy) is 2. The number of allylic oxidation sites excluding steroid dienone is 1. The summed E-state index contributed by atoms with van der Waals surface area (Å²) in [7, 11) is 1.58. The quantitative estimate of drug-likeness (QED) is 0.217. The van der Waals surface area contributed by atoms with E-state index in [1.165, 1.54) is 17.3 Å². The summed E-state index contributed by atoms with van der Waals surface area (Å²) in [6, 6.07) is 17.2. The number of hydrogen-bond donors (Lipinski definition) is 1. The van der Waals surface area contributed by atoms with Gasteiger partial charge in [0.15, 0.2) is 16.7 Å². The van der Waals surface area contributed by atoms with E-state index in [2.05, 4.69) is 23.8 Å². The van der Waals surface area contributed by atoms with Crippen LogP contribution in [0.4, 0.5) is 5.69 Å². The van der Waals surface area contributed by atoms with Crippen LogP contribution in [0.15, 0.2) is 77.1 Å². The molecule has 0 saturated carbocycles. The number of aryl methyl sites for hydroxylation is 1. The molecule has 1 N–H and O–H groups in total. The molecule has 4 rings (SSSR count). The Kier molecular flexibility index (Phi) is 8.98. The minimum Gasteiger partial charge on any atom is -0.493 e. The van der Waals surface area contributed by atoms with Gasteiger partial charge < -0.3 is 14.8 Å². The van der Waals surface area contributed by atoms with Crippen molar-refractivity contribution in [3.05, 3.63) is 104 Å². The largest absolute Gasteiger partial charge is 0.493 e. The van der Waals surface area contributed by atoms with Gasteiger partial charge in [0, 0.05) is 5.56 Å². The number of rotatable bonds is 9. The van der Waals surface area contributed by atoms with Crippen molar-refractivity contribution in [1.82, 2.24) is 5.32 Å². The fraction of sp³-hybridized carbons (Fsp3) is 0.172. The van der Waals surface area contributed by atoms with Gasteiger partial charge >= 0.3 is 0 Å². The molecule has 0 aliphatic carbocycles. The molecule has 3 aromatic rings. The van der Waals surface area contributed by atoms with Crippen molar-refractivity contribution in [2.24, 2.45) is 4.99 Å². The fourth-order valence-electron chi connectivity index (χ4n) is 3.73. The molecule has 1 fully saturated rings. The monoisotopic (exact) mass is 552 g/mol. The van der Waals surface area contributed by atoms with Crippen molar-refractivity contribution < 1.29 is 14.3 Å². The summed E-state index contributed by atoms with van der Waals surface area (Å²) in [5.41, 5.74) is 4.60. The Morgan fingerprint density at radius 1 is 1.05 bits per heavy atom. The average Bonchev–Trinajstić information content (AvgIpc) is 3.23. The highest BCUT2D eigenvalue weighted by Gasteiger charge is 2.24. The van der Waals surface area contributed by atoms with E-state index < -0.39 is 0 Å². The van der Waals surface area contributed by atoms with E-state index >= 15 is 0 Å². The molecule has 0 atom stereocenters. The number of carbonyl (C=O) groups excluding carboxylic acids is 1. The summed E-state index contributed by atoms with van der Waals surface area (Å²) in [6.07, 6.45) is 5.14. The Morgan fingerprint density at radius 3 is 2.49 bits per heavy atom. The summed E-state index contributed by atoms with van der Waals surface area (Å²) in [4.78, 5) is 17.8. The lowest BCUT2D eigenvalue weighted by atomic mass is 10.0. The van der Waals surface area contributed by atoms with E-state index in [0.29, 0.717) is 38.0 Å². The second-order valence-corrected chi connectivity index (χ2v) is 10.1. The van der Waals surface area contributed by atoms with Crippen LogP contribution >= 0.6 is 35.0 Å². The highest BCUT2D eigenvalue weighted by molar-refractivity contribution is 8.18. The highest BCUT2D eigenvalue weighted by atomic mass is 35.5. The van der Waals surface area contributed by atoms with Crippen molar-refractivity contribution in [2.45, 2.75) is 26.4 Å². The number of methoxy groups -OCH3 is 1. The first-order chi connectivity index (χ1) is 17.9. The van der Waals surface area contributed by atoms with Crippen molar-refractivity contribution >= 4 is 57.8 Å². The van der Waals surface area contributed by atoms with Crippen LogP contribution in [0.1, 0.15) is 29.2 Å². The molecule has 190 valence electrons. The Balaban J connectivity index is 1.58. The molecular weight excluding hydrogens is 527 g/mol. The first-order valence-corrected chi connectivity index (χ1v) is 13.2. The standard InChI is InChI=1S/C29H26Cl2N2O3S/c1-4-6-21-13-20(15-25(35-3)27(21)36-17-19-9-12-23(30)24(31)14-19)16-26-28(34)33-29(37-26)32-22-10-7-18(5-2)8-11-22/h4,7-16H,1,5-6,17H2,2-3H3,(H,32,33,34)/b26-16-. The van der Waals surface area contributed by atoms with Crippen LogP contribution in [0.3, 0.4) is 0 Å². The molecule has 3 aromatic carbocycles. The molecule has 1 amide bonds. The minimum atomic E-state index is -0.196. The molecule has 5 nitrogen and oxygen atoms in total. The molecule has 1 saturated heterocycles. The van der Waals surface area contributed by atoms with Crippen LogP contribution in [0.2, 0.25) is 10.0 Å². The highest BCUT2D eigenvalue weighted by Crippen LogP contribution is 2.37. The van der Waals surface area contributed by atoms with Crippen LogP contribution < -0.4 is 14.8 Å². The maximum atomic E-state index is 12.6. The van der Waals surface area contributed by atoms with Gasteiger partial charge in [-0.3, -0.25) is 4.79 Å². The third-order valence-corrected chi connectivity index (χ3v) is 7.28. The Labute approximate surface area is 231 Å². The lowest BCUT2D eigenvalue weighted by Gasteiger charge is -2.16. The van der Waals surface area contributed by atoms with Gasteiger partial charge in [0.2, 0.25) is 0 Å². The second-order valence-electron chi connectivity index (χ2n) is 8.24. The minimum absolute atomic E-state index is 0.196. The first-order valence-electron chi connectivity index (χ1n) is 11.7. The number of nitrogens with one attached hydrogen (secondary N) is 1. The van der Waals surface area contributed by atoms with E-state index in [1.807, 2.05) is 48.5 Å². The van der Waals surface area contributed by atoms with Crippen molar-refractivity contribution in [1.29, 1.82) is 0 Å². The topological polar surface area (TPSA) is 59.9 Å². The van der Waals surface area contributed by atoms with Gasteiger partial charge in [-0.05, 0) is 83.8 Å². The van der Waals surface area contributed by atoms with E-state index in [4.69, 9.17) is 32.7 Å². The number of aliphatic imine (C=N–C) groups is 1. The normalized spacial score (nSPS) is 15.2. The molecule has 0 unspecified atom stereocenters. The van der Waals surface area contributed by atoms with Gasteiger partial charge in [-0.2, -0.15) is 0 Å². The van der Waals surface area contributed by atoms with Crippen molar-refractivity contribution in [3.63, 3.8) is 0 Å². The number of benzene rings is 3. The summed E-state index contributed by atoms with van der Waals surface area (Å²) < 4.78 is 11.8. The number of nitrogens with zero attached hydrogens (tertiary/aromatic N) is 1. The molecule has 1 aliphatic rings. The number of amides is 1. The summed E-state index contributed by atoms with van der Waals surface area (Å²) in [5, 5.41) is 4.34. The third kappa shape index (κ3) is 6.77. The third-order valence-electron chi connectivity index (χ3n) is 5.63. The van der Waals surface area contributed by atoms with Crippen molar-refractivity contribution in [3.8, 4) is 11.5 Å². The Hall–Kier alpha value is -3.19. The lowest BCUT2D eigenvalue weighted by molar-refractivity contribution is -0.115. The lowest BCUT2D eigenvalue weighted by Crippen LogP contribution is -2.19. The molecule has 8 heteroatoms. The van der Waals surface area contributed by atoms with Crippen LogP contribution in [0.25, 0.3) is 6.08 Å². The zero-order valence-electron chi connectivity index (χ0n) is 20.5. The molecule has 0 aromatic heterocycles. The fourth-order valence-corrected chi connectivity index (χ4v) is 4.89. The maximum absolute atomic E-state index is 12.6. The molecule has 37 heavy (non-hydrogen) atoms. The SMILES string of the molecule is C=CCc1cc(/C=C2\SC(=Nc3ccc(CC)cc3)NC2=O)cc(OC)c1OCc1ccc(Cl)c(Cl)c1. The molecule has 0 bridgehead atoms. The summed E-state index contributed by atoms with van der Waals surface area (Å²) in [5.74, 6) is 0.967. The van der Waals surface area contributed by atoms with Crippen LogP contribution in [0, 0.1) is 0 Å². The van der Waals surface area contributed by atoms with Crippen LogP contribution in [-0.4, -0.2) is 18.2 Å². The van der Waals surface area contributed by atoms with Crippen molar-refractivity contribution in [2.75, 3.05) is 7.11 Å². The number of hydrogen-bond acceptors (Lipinski definition) is 5. The van der Waals surface area contributed by atoms with Crippen LogP contribution in [-0.2, 0) is 24.2 Å². The second kappa shape index (κ2) is 12.4. The molecule has 1 aliphatic heterocycles. The Morgan fingerprint density at radius 2 is 1.81 bits per heavy atom. The predicted octanol–water partition coefficient (Wildman–Crippen LogP) is 7.76. The number of amidine groups is 1. The smallest absolute Gasteiger partial charge is 0.264 e. The predicted molar refractivity (Wildman–Crippen MR) is 154 cm³/mol. The molecule has 0 radical (unpaired) electrons. The number of thioether (sulfide) groups is 1. The number of halogens is 2. The Bertz CT molecular complexity index is 1380. The maximum Gasteiger partial charge on any atom is 0.264 e. The van der Waals surface area contributed by atoms with Gasteiger partial charge in [0.1, 0.15) is 6.61 Å². The average molecular weight is 554 g/mol. The van der Waals surface area contributed by atoms with Gasteiger partial charge in [-0.1, -0.05) is 54.4 Å². The summed E-state index contributed by atoms with van der Waals surface area (Å²) >= 11 is 13.5. The zero-order valence-corrected chi connectivity index (χ0v) is 22.8. The van der Waals surface area contributed by atoms with Crippen LogP contribution in [0.5, 0.6) is 11.5 Å². The van der Waals surface area contributed by atoms with Gasteiger partial charge in [-0.15, -0.1) is 6.58 Å².